The van der Waals surface area contributed by atoms with Crippen LogP contribution in [-0.4, -0.2) is 11.6 Å². The van der Waals surface area contributed by atoms with Gasteiger partial charge in [-0.15, -0.1) is 11.3 Å². The molecule has 0 aliphatic heterocycles. The fourth-order valence-corrected chi connectivity index (χ4v) is 3.40. The van der Waals surface area contributed by atoms with Crippen molar-refractivity contribution in [1.82, 2.24) is 0 Å². The Balaban J connectivity index is 2.45. The lowest BCUT2D eigenvalue weighted by molar-refractivity contribution is 0.00763. The van der Waals surface area contributed by atoms with E-state index in [4.69, 9.17) is 14.9 Å². The van der Waals surface area contributed by atoms with Crippen LogP contribution in [0.25, 0.3) is 10.6 Å². The highest BCUT2D eigenvalue weighted by Gasteiger charge is 2.26. The number of rotatable bonds is 3. The Morgan fingerprint density at radius 2 is 2.10 bits per heavy atom. The van der Waals surface area contributed by atoms with E-state index in [9.17, 15) is 4.79 Å². The molecule has 0 bridgehead atoms. The molecule has 0 unspecified atom stereocenters. The normalized spacial score (nSPS) is 11.7. The van der Waals surface area contributed by atoms with E-state index in [1.54, 1.807) is 0 Å². The molecule has 0 spiro atoms. The van der Waals surface area contributed by atoms with Crippen LogP contribution in [0.15, 0.2) is 21.2 Å². The number of carbonyl (C=O) groups is 1. The maximum Gasteiger partial charge on any atom is 0.351 e. The summed E-state index contributed by atoms with van der Waals surface area (Å²) < 4.78 is 11.6. The van der Waals surface area contributed by atoms with Gasteiger partial charge in [0.2, 0.25) is 0 Å². The van der Waals surface area contributed by atoms with Crippen molar-refractivity contribution in [2.75, 3.05) is 5.73 Å². The summed E-state index contributed by atoms with van der Waals surface area (Å²) in [5.74, 6) is 0.307. The summed E-state index contributed by atoms with van der Waals surface area (Å²) in [5.41, 5.74) is 6.99. The second-order valence-corrected chi connectivity index (χ2v) is 7.41. The van der Waals surface area contributed by atoms with Crippen LogP contribution in [0.2, 0.25) is 0 Å². The average Bonchev–Trinajstić information content (AvgIpc) is 2.90. The first kappa shape index (κ1) is 16.1. The molecule has 0 aromatic carbocycles. The van der Waals surface area contributed by atoms with E-state index in [-0.39, 0.29) is 0 Å². The summed E-state index contributed by atoms with van der Waals surface area (Å²) >= 11 is 4.60. The van der Waals surface area contributed by atoms with Gasteiger partial charge < -0.3 is 14.9 Å². The molecule has 0 aliphatic carbocycles. The molecule has 6 heteroatoms. The highest BCUT2D eigenvalue weighted by atomic mass is 79.9. The van der Waals surface area contributed by atoms with Crippen molar-refractivity contribution in [2.45, 2.75) is 39.7 Å². The van der Waals surface area contributed by atoms with Gasteiger partial charge in [-0.1, -0.05) is 6.92 Å². The minimum absolute atomic E-state index is 0.392. The van der Waals surface area contributed by atoms with Gasteiger partial charge in [0.05, 0.1) is 10.6 Å². The number of thiophene rings is 1. The predicted octanol–water partition coefficient (Wildman–Crippen LogP) is 4.87. The third-order valence-electron chi connectivity index (χ3n) is 2.78. The van der Waals surface area contributed by atoms with Gasteiger partial charge >= 0.3 is 5.97 Å². The topological polar surface area (TPSA) is 65.5 Å². The van der Waals surface area contributed by atoms with Gasteiger partial charge in [0.25, 0.3) is 0 Å². The molecular weight excluding hydrogens is 354 g/mol. The smallest absolute Gasteiger partial charge is 0.351 e. The quantitative estimate of drug-likeness (QED) is 0.781. The second kappa shape index (κ2) is 5.85. The molecule has 0 saturated carbocycles. The summed E-state index contributed by atoms with van der Waals surface area (Å²) in [4.78, 5) is 13.6. The molecule has 0 saturated heterocycles. The van der Waals surface area contributed by atoms with Crippen LogP contribution in [0.1, 0.15) is 42.9 Å². The summed E-state index contributed by atoms with van der Waals surface area (Å²) in [5, 5.41) is 0. The number of esters is 1. The number of anilines is 1. The summed E-state index contributed by atoms with van der Waals surface area (Å²) in [6.45, 7) is 7.50. The van der Waals surface area contributed by atoms with E-state index in [1.165, 1.54) is 11.3 Å². The monoisotopic (exact) mass is 371 g/mol. The largest absolute Gasteiger partial charge is 0.456 e. The lowest BCUT2D eigenvalue weighted by atomic mass is 10.1. The molecule has 114 valence electrons. The third-order valence-corrected chi connectivity index (χ3v) is 4.45. The summed E-state index contributed by atoms with van der Waals surface area (Å²) in [6.07, 6.45) is 0.721. The lowest BCUT2D eigenvalue weighted by Crippen LogP contribution is -2.23. The second-order valence-electron chi connectivity index (χ2n) is 5.61. The molecule has 2 aromatic heterocycles. The molecule has 0 fully saturated rings. The van der Waals surface area contributed by atoms with E-state index >= 15 is 0 Å². The molecule has 4 nitrogen and oxygen atoms in total. The molecule has 0 amide bonds. The highest BCUT2D eigenvalue weighted by molar-refractivity contribution is 9.10. The first-order valence-electron chi connectivity index (χ1n) is 6.63. The summed E-state index contributed by atoms with van der Waals surface area (Å²) in [6, 6.07) is 3.67. The van der Waals surface area contributed by atoms with E-state index < -0.39 is 11.6 Å². The standard InChI is InChI=1S/C15H18BrNO3S/c1-5-8-11(17)13(14(18)20-15(2,3)4)21-12(8)9-6-7-10(16)19-9/h6-7H,5,17H2,1-4H3. The number of carbonyl (C=O) groups excluding carboxylic acids is 1. The fraction of sp³-hybridized carbons (Fsp3) is 0.400. The van der Waals surface area contributed by atoms with Crippen LogP contribution in [0.4, 0.5) is 5.69 Å². The number of nitrogens with two attached hydrogens (primary N) is 1. The minimum atomic E-state index is -0.548. The van der Waals surface area contributed by atoms with Crippen molar-refractivity contribution in [3.8, 4) is 10.6 Å². The first-order chi connectivity index (χ1) is 9.73. The third kappa shape index (κ3) is 3.49. The average molecular weight is 372 g/mol. The molecule has 0 radical (unpaired) electrons. The Morgan fingerprint density at radius 1 is 1.43 bits per heavy atom. The van der Waals surface area contributed by atoms with Crippen LogP contribution >= 0.6 is 27.3 Å². The van der Waals surface area contributed by atoms with Gasteiger partial charge in [0.15, 0.2) is 4.67 Å². The van der Waals surface area contributed by atoms with Crippen LogP contribution < -0.4 is 5.73 Å². The van der Waals surface area contributed by atoms with Crippen LogP contribution in [0.5, 0.6) is 0 Å². The van der Waals surface area contributed by atoms with Gasteiger partial charge in [-0.25, -0.2) is 4.79 Å². The Labute approximate surface area is 136 Å². The molecular formula is C15H18BrNO3S. The maximum absolute atomic E-state index is 12.3. The van der Waals surface area contributed by atoms with Crippen LogP contribution in [-0.2, 0) is 11.2 Å². The number of hydrogen-bond donors (Lipinski definition) is 1. The van der Waals surface area contributed by atoms with Gasteiger partial charge in [-0.3, -0.25) is 0 Å². The molecule has 0 atom stereocenters. The first-order valence-corrected chi connectivity index (χ1v) is 8.24. The maximum atomic E-state index is 12.3. The zero-order valence-electron chi connectivity index (χ0n) is 12.5. The fourth-order valence-electron chi connectivity index (χ4n) is 1.94. The van der Waals surface area contributed by atoms with Crippen molar-refractivity contribution in [3.05, 3.63) is 27.2 Å². The molecule has 0 aliphatic rings. The number of ether oxygens (including phenoxy) is 1. The Bertz CT molecular complexity index is 667. The Kier molecular flexibility index (Phi) is 4.49. The van der Waals surface area contributed by atoms with Crippen molar-refractivity contribution in [1.29, 1.82) is 0 Å². The zero-order chi connectivity index (χ0) is 15.8. The molecule has 2 aromatic rings. The zero-order valence-corrected chi connectivity index (χ0v) is 14.9. The Hall–Kier alpha value is -1.27. The van der Waals surface area contributed by atoms with E-state index in [1.807, 2.05) is 39.8 Å². The summed E-state index contributed by atoms with van der Waals surface area (Å²) in [7, 11) is 0. The van der Waals surface area contributed by atoms with Crippen molar-refractivity contribution < 1.29 is 13.9 Å². The molecule has 2 N–H and O–H groups in total. The number of halogens is 1. The van der Waals surface area contributed by atoms with Gasteiger partial charge in [-0.2, -0.15) is 0 Å². The molecule has 2 rings (SSSR count). The number of furan rings is 1. The SMILES string of the molecule is CCc1c(-c2ccc(Br)o2)sc(C(=O)OC(C)(C)C)c1N. The minimum Gasteiger partial charge on any atom is -0.456 e. The molecule has 21 heavy (non-hydrogen) atoms. The number of hydrogen-bond acceptors (Lipinski definition) is 5. The van der Waals surface area contributed by atoms with E-state index in [0.29, 0.717) is 21.0 Å². The van der Waals surface area contributed by atoms with E-state index in [2.05, 4.69) is 15.9 Å². The highest BCUT2D eigenvalue weighted by Crippen LogP contribution is 2.41. The van der Waals surface area contributed by atoms with Crippen LogP contribution in [0.3, 0.4) is 0 Å². The van der Waals surface area contributed by atoms with Crippen molar-refractivity contribution >= 4 is 38.9 Å². The van der Waals surface area contributed by atoms with Crippen molar-refractivity contribution in [2.24, 2.45) is 0 Å². The Morgan fingerprint density at radius 3 is 2.57 bits per heavy atom. The lowest BCUT2D eigenvalue weighted by Gasteiger charge is -2.19. The van der Waals surface area contributed by atoms with Gasteiger partial charge in [0, 0.05) is 0 Å². The van der Waals surface area contributed by atoms with Crippen molar-refractivity contribution in [3.63, 3.8) is 0 Å². The number of nitrogen functional groups attached to an aromatic ring is 1. The predicted molar refractivity (Wildman–Crippen MR) is 88.7 cm³/mol. The molecule has 2 heterocycles. The van der Waals surface area contributed by atoms with Gasteiger partial charge in [-0.05, 0) is 60.8 Å². The van der Waals surface area contributed by atoms with Gasteiger partial charge in [0.1, 0.15) is 16.2 Å². The van der Waals surface area contributed by atoms with Crippen LogP contribution in [0, 0.1) is 0 Å². The van der Waals surface area contributed by atoms with E-state index in [0.717, 1.165) is 16.9 Å².